The van der Waals surface area contributed by atoms with Crippen LogP contribution in [0.2, 0.25) is 0 Å². The van der Waals surface area contributed by atoms with Crippen molar-refractivity contribution < 1.29 is 4.74 Å². The highest BCUT2D eigenvalue weighted by molar-refractivity contribution is 7.26. The molecule has 18 heavy (non-hydrogen) atoms. The van der Waals surface area contributed by atoms with Crippen LogP contribution in [0.1, 0.15) is 31.2 Å². The monoisotopic (exact) mass is 283 g/mol. The molecule has 0 saturated heterocycles. The predicted molar refractivity (Wildman–Crippen MR) is 81.8 cm³/mol. The topological polar surface area (TPSA) is 21.3 Å². The molecule has 2 nitrogen and oxygen atoms in total. The predicted octanol–water partition coefficient (Wildman–Crippen LogP) is 4.29. The molecular weight excluding hydrogens is 262 g/mol. The minimum absolute atomic E-state index is 0.453. The molecule has 2 heterocycles. The molecule has 0 bridgehead atoms. The number of rotatable bonds is 7. The van der Waals surface area contributed by atoms with Crippen molar-refractivity contribution in [3.63, 3.8) is 0 Å². The van der Waals surface area contributed by atoms with Gasteiger partial charge in [0.2, 0.25) is 0 Å². The summed E-state index contributed by atoms with van der Waals surface area (Å²) in [5, 5.41) is 5.79. The molecule has 0 saturated carbocycles. The van der Waals surface area contributed by atoms with E-state index in [1.165, 1.54) is 14.3 Å². The van der Waals surface area contributed by atoms with Crippen LogP contribution >= 0.6 is 22.7 Å². The van der Waals surface area contributed by atoms with Gasteiger partial charge in [0.15, 0.2) is 0 Å². The third kappa shape index (κ3) is 3.12. The fraction of sp³-hybridized carbons (Fsp3) is 0.571. The lowest BCUT2D eigenvalue weighted by Gasteiger charge is -2.23. The van der Waals surface area contributed by atoms with Crippen molar-refractivity contribution >= 4 is 32.1 Å². The van der Waals surface area contributed by atoms with Crippen LogP contribution in [0.4, 0.5) is 0 Å². The second kappa shape index (κ2) is 6.66. The molecule has 0 aliphatic heterocycles. The van der Waals surface area contributed by atoms with E-state index < -0.39 is 0 Å². The van der Waals surface area contributed by atoms with Crippen LogP contribution in [0.25, 0.3) is 9.40 Å². The van der Waals surface area contributed by atoms with Crippen molar-refractivity contribution in [3.05, 3.63) is 22.4 Å². The van der Waals surface area contributed by atoms with Gasteiger partial charge in [0.1, 0.15) is 0 Å². The molecule has 0 amide bonds. The molecule has 0 aromatic carbocycles. The maximum Gasteiger partial charge on any atom is 0.0465 e. The van der Waals surface area contributed by atoms with Crippen LogP contribution in [0.3, 0.4) is 0 Å². The first-order valence-corrected chi connectivity index (χ1v) is 8.15. The Morgan fingerprint density at radius 3 is 2.89 bits per heavy atom. The maximum atomic E-state index is 5.20. The van der Waals surface area contributed by atoms with Crippen LogP contribution in [0, 0.1) is 5.92 Å². The molecule has 2 atom stereocenters. The van der Waals surface area contributed by atoms with Crippen molar-refractivity contribution in [2.24, 2.45) is 5.92 Å². The fourth-order valence-corrected chi connectivity index (χ4v) is 4.54. The fourth-order valence-electron chi connectivity index (χ4n) is 2.21. The van der Waals surface area contributed by atoms with Crippen LogP contribution in [0.15, 0.2) is 17.5 Å². The molecule has 0 spiro atoms. The SMILES string of the molecule is CCNC(c1cc2sccc2s1)C(C)CCOC. The average Bonchev–Trinajstić information content (AvgIpc) is 2.93. The summed E-state index contributed by atoms with van der Waals surface area (Å²) in [5.74, 6) is 0.595. The Bertz CT molecular complexity index is 448. The third-order valence-corrected chi connectivity index (χ3v) is 5.41. The molecular formula is C14H21NOS2. The maximum absolute atomic E-state index is 5.20. The quantitative estimate of drug-likeness (QED) is 0.818. The molecule has 1 N–H and O–H groups in total. The smallest absolute Gasteiger partial charge is 0.0465 e. The largest absolute Gasteiger partial charge is 0.385 e. The van der Waals surface area contributed by atoms with E-state index in [9.17, 15) is 0 Å². The number of thiophene rings is 2. The molecule has 2 aromatic heterocycles. The first-order chi connectivity index (χ1) is 8.76. The Labute approximate surface area is 117 Å². The van der Waals surface area contributed by atoms with Crippen molar-refractivity contribution in [1.82, 2.24) is 5.32 Å². The molecule has 4 heteroatoms. The Balaban J connectivity index is 2.15. The van der Waals surface area contributed by atoms with Gasteiger partial charge in [-0.1, -0.05) is 13.8 Å². The van der Waals surface area contributed by atoms with Crippen molar-refractivity contribution in [3.8, 4) is 0 Å². The number of ether oxygens (including phenoxy) is 1. The first-order valence-electron chi connectivity index (χ1n) is 6.45. The van der Waals surface area contributed by atoms with E-state index in [-0.39, 0.29) is 0 Å². The lowest BCUT2D eigenvalue weighted by atomic mass is 9.97. The Hall–Kier alpha value is -0.420. The highest BCUT2D eigenvalue weighted by atomic mass is 32.1. The van der Waals surface area contributed by atoms with E-state index in [1.807, 2.05) is 22.7 Å². The Kier molecular flexibility index (Phi) is 5.18. The first kappa shape index (κ1) is 14.0. The van der Waals surface area contributed by atoms with Gasteiger partial charge < -0.3 is 10.1 Å². The highest BCUT2D eigenvalue weighted by Crippen LogP contribution is 2.36. The van der Waals surface area contributed by atoms with Gasteiger partial charge in [0, 0.05) is 34.0 Å². The molecule has 2 aromatic rings. The Morgan fingerprint density at radius 2 is 2.22 bits per heavy atom. The van der Waals surface area contributed by atoms with Gasteiger partial charge in [-0.15, -0.1) is 22.7 Å². The summed E-state index contributed by atoms with van der Waals surface area (Å²) in [6.45, 7) is 6.32. The van der Waals surface area contributed by atoms with Gasteiger partial charge in [0.25, 0.3) is 0 Å². The lowest BCUT2D eigenvalue weighted by molar-refractivity contribution is 0.171. The van der Waals surface area contributed by atoms with E-state index in [1.54, 1.807) is 7.11 Å². The summed E-state index contributed by atoms with van der Waals surface area (Å²) in [7, 11) is 1.77. The van der Waals surface area contributed by atoms with Crippen LogP contribution < -0.4 is 5.32 Å². The zero-order valence-corrected chi connectivity index (χ0v) is 12.9. The molecule has 0 radical (unpaired) electrons. The van der Waals surface area contributed by atoms with E-state index in [0.29, 0.717) is 12.0 Å². The number of fused-ring (bicyclic) bond motifs is 1. The summed E-state index contributed by atoms with van der Waals surface area (Å²) in [6.07, 6.45) is 1.10. The van der Waals surface area contributed by atoms with E-state index in [2.05, 4.69) is 36.7 Å². The molecule has 0 aliphatic rings. The van der Waals surface area contributed by atoms with Gasteiger partial charge in [-0.05, 0) is 36.4 Å². The molecule has 100 valence electrons. The molecule has 0 fully saturated rings. The van der Waals surface area contributed by atoms with E-state index in [0.717, 1.165) is 19.6 Å². The summed E-state index contributed by atoms with van der Waals surface area (Å²) >= 11 is 3.75. The summed E-state index contributed by atoms with van der Waals surface area (Å²) in [4.78, 5) is 1.46. The minimum Gasteiger partial charge on any atom is -0.385 e. The minimum atomic E-state index is 0.453. The van der Waals surface area contributed by atoms with Crippen LogP contribution in [-0.4, -0.2) is 20.3 Å². The van der Waals surface area contributed by atoms with Gasteiger partial charge in [-0.3, -0.25) is 0 Å². The molecule has 0 aliphatic carbocycles. The van der Waals surface area contributed by atoms with Crippen molar-refractivity contribution in [2.75, 3.05) is 20.3 Å². The highest BCUT2D eigenvalue weighted by Gasteiger charge is 2.20. The van der Waals surface area contributed by atoms with Crippen LogP contribution in [0.5, 0.6) is 0 Å². The number of nitrogens with one attached hydrogen (secondary N) is 1. The number of methoxy groups -OCH3 is 1. The van der Waals surface area contributed by atoms with E-state index >= 15 is 0 Å². The second-order valence-corrected chi connectivity index (χ2v) is 6.66. The molecule has 2 rings (SSSR count). The standard InChI is InChI=1S/C14H21NOS2/c1-4-15-14(10(2)5-7-16-3)13-9-12-11(18-13)6-8-17-12/h6,8-10,14-15H,4-5,7H2,1-3H3. The van der Waals surface area contributed by atoms with E-state index in [4.69, 9.17) is 4.74 Å². The summed E-state index contributed by atoms with van der Waals surface area (Å²) < 4.78 is 8.03. The average molecular weight is 283 g/mol. The number of hydrogen-bond donors (Lipinski definition) is 1. The second-order valence-electron chi connectivity index (χ2n) is 4.59. The molecule has 2 unspecified atom stereocenters. The van der Waals surface area contributed by atoms with Gasteiger partial charge >= 0.3 is 0 Å². The van der Waals surface area contributed by atoms with Crippen LogP contribution in [-0.2, 0) is 4.74 Å². The lowest BCUT2D eigenvalue weighted by Crippen LogP contribution is -2.26. The Morgan fingerprint density at radius 1 is 1.39 bits per heavy atom. The van der Waals surface area contributed by atoms with Gasteiger partial charge in [0.05, 0.1) is 0 Å². The summed E-state index contributed by atoms with van der Waals surface area (Å²) in [5.41, 5.74) is 0. The van der Waals surface area contributed by atoms with Crippen molar-refractivity contribution in [2.45, 2.75) is 26.3 Å². The zero-order valence-electron chi connectivity index (χ0n) is 11.2. The number of hydrogen-bond acceptors (Lipinski definition) is 4. The van der Waals surface area contributed by atoms with Gasteiger partial charge in [-0.2, -0.15) is 0 Å². The zero-order chi connectivity index (χ0) is 13.0. The third-order valence-electron chi connectivity index (χ3n) is 3.24. The normalized spacial score (nSPS) is 15.1. The summed E-state index contributed by atoms with van der Waals surface area (Å²) in [6, 6.07) is 5.02. The van der Waals surface area contributed by atoms with Crippen molar-refractivity contribution in [1.29, 1.82) is 0 Å². The van der Waals surface area contributed by atoms with Gasteiger partial charge in [-0.25, -0.2) is 0 Å².